The predicted molar refractivity (Wildman–Crippen MR) is 129 cm³/mol. The number of nitrogens with zero attached hydrogens (tertiary/aromatic N) is 3. The van der Waals surface area contributed by atoms with Gasteiger partial charge in [0.15, 0.2) is 0 Å². The summed E-state index contributed by atoms with van der Waals surface area (Å²) in [6.07, 6.45) is 3.16. The van der Waals surface area contributed by atoms with Crippen LogP contribution in [-0.4, -0.2) is 51.7 Å². The van der Waals surface area contributed by atoms with E-state index in [0.717, 1.165) is 35.5 Å². The summed E-state index contributed by atoms with van der Waals surface area (Å²) in [4.78, 5) is 33.9. The minimum absolute atomic E-state index is 0.152. The van der Waals surface area contributed by atoms with Crippen LogP contribution in [0.5, 0.6) is 5.75 Å². The molecule has 2 aromatic carbocycles. The number of likely N-dealkylation sites (tertiary alicyclic amines) is 1. The number of para-hydroxylation sites is 1. The summed E-state index contributed by atoms with van der Waals surface area (Å²) in [7, 11) is 1.62. The summed E-state index contributed by atoms with van der Waals surface area (Å²) in [5, 5.41) is 15.4. The van der Waals surface area contributed by atoms with E-state index in [2.05, 4.69) is 20.6 Å². The molecule has 4 rings (SSSR count). The minimum atomic E-state index is -0.966. The Labute approximate surface area is 197 Å². The highest BCUT2D eigenvalue weighted by atomic mass is 16.5. The first kappa shape index (κ1) is 23.0. The molecule has 3 N–H and O–H groups in total. The molecular formula is C25H27N5O4. The fraction of sp³-hybridized carbons (Fsp3) is 0.280. The number of benzene rings is 2. The van der Waals surface area contributed by atoms with Gasteiger partial charge in [-0.1, -0.05) is 12.1 Å². The van der Waals surface area contributed by atoms with Crippen LogP contribution in [0.3, 0.4) is 0 Å². The minimum Gasteiger partial charge on any atom is -0.496 e. The lowest BCUT2D eigenvalue weighted by molar-refractivity contribution is -0.117. The zero-order chi connectivity index (χ0) is 23.9. The molecule has 2 amide bonds. The van der Waals surface area contributed by atoms with Gasteiger partial charge in [0.25, 0.3) is 0 Å². The topological polar surface area (TPSA) is 117 Å². The second kappa shape index (κ2) is 10.7. The van der Waals surface area contributed by atoms with Gasteiger partial charge < -0.3 is 25.4 Å². The summed E-state index contributed by atoms with van der Waals surface area (Å²) in [6, 6.07) is 16.5. The maximum Gasteiger partial charge on any atom is 0.407 e. The molecular weight excluding hydrogens is 434 g/mol. The number of ether oxygens (including phenoxy) is 1. The number of piperidine rings is 1. The van der Waals surface area contributed by atoms with Crippen LogP contribution < -0.4 is 15.4 Å². The van der Waals surface area contributed by atoms with E-state index in [1.54, 1.807) is 19.2 Å². The van der Waals surface area contributed by atoms with Crippen molar-refractivity contribution in [3.05, 3.63) is 60.9 Å². The third-order valence-corrected chi connectivity index (χ3v) is 5.78. The van der Waals surface area contributed by atoms with E-state index in [1.807, 2.05) is 42.5 Å². The van der Waals surface area contributed by atoms with Crippen LogP contribution in [-0.2, 0) is 4.79 Å². The number of methoxy groups -OCH3 is 1. The van der Waals surface area contributed by atoms with Crippen LogP contribution in [0.15, 0.2) is 60.9 Å². The monoisotopic (exact) mass is 461 g/mol. The quantitative estimate of drug-likeness (QED) is 0.464. The second-order valence-corrected chi connectivity index (χ2v) is 8.07. The van der Waals surface area contributed by atoms with Gasteiger partial charge in [-0.05, 0) is 55.7 Å². The van der Waals surface area contributed by atoms with Crippen molar-refractivity contribution >= 4 is 29.2 Å². The van der Waals surface area contributed by atoms with Crippen LogP contribution in [0.2, 0.25) is 0 Å². The van der Waals surface area contributed by atoms with Crippen molar-refractivity contribution < 1.29 is 19.4 Å². The van der Waals surface area contributed by atoms with Crippen molar-refractivity contribution in [1.29, 1.82) is 0 Å². The zero-order valence-electron chi connectivity index (χ0n) is 18.9. The number of carboxylic acid groups (broad SMARTS) is 1. The molecule has 9 heteroatoms. The molecule has 1 aliphatic heterocycles. The molecule has 0 aliphatic carbocycles. The number of nitrogens with one attached hydrogen (secondary N) is 2. The number of aromatic nitrogens is 2. The molecule has 34 heavy (non-hydrogen) atoms. The molecule has 176 valence electrons. The van der Waals surface area contributed by atoms with Crippen LogP contribution in [0.1, 0.15) is 25.7 Å². The first-order chi connectivity index (χ1) is 16.5. The number of anilines is 3. The van der Waals surface area contributed by atoms with Gasteiger partial charge in [-0.3, -0.25) is 4.79 Å². The molecule has 1 aliphatic rings. The van der Waals surface area contributed by atoms with E-state index in [0.29, 0.717) is 24.5 Å². The van der Waals surface area contributed by atoms with Gasteiger partial charge >= 0.3 is 6.09 Å². The fourth-order valence-corrected chi connectivity index (χ4v) is 4.10. The summed E-state index contributed by atoms with van der Waals surface area (Å²) >= 11 is 0. The molecule has 3 aromatic rings. The molecule has 2 heterocycles. The van der Waals surface area contributed by atoms with Gasteiger partial charge in [0.1, 0.15) is 17.9 Å². The van der Waals surface area contributed by atoms with Crippen molar-refractivity contribution in [3.8, 4) is 17.0 Å². The van der Waals surface area contributed by atoms with Gasteiger partial charge in [-0.25, -0.2) is 14.8 Å². The van der Waals surface area contributed by atoms with Crippen LogP contribution in [0.25, 0.3) is 11.3 Å². The standard InChI is InChI=1S/C25H27N5O4/c1-34-22-8-3-2-7-20(22)21-15-23(27-16-26-21)28-17-9-11-18(12-10-17)29-24(31)14-19-6-4-5-13-30(19)25(32)33/h2-3,7-12,15-16,19H,4-6,13-14H2,1H3,(H,29,31)(H,32,33)(H,26,27,28). The van der Waals surface area contributed by atoms with Gasteiger partial charge in [0, 0.05) is 42.0 Å². The van der Waals surface area contributed by atoms with Crippen molar-refractivity contribution in [2.24, 2.45) is 0 Å². The van der Waals surface area contributed by atoms with Gasteiger partial charge in [-0.15, -0.1) is 0 Å². The van der Waals surface area contributed by atoms with Crippen molar-refractivity contribution in [3.63, 3.8) is 0 Å². The van der Waals surface area contributed by atoms with Gasteiger partial charge in [0.05, 0.1) is 12.8 Å². The summed E-state index contributed by atoms with van der Waals surface area (Å²) in [5.74, 6) is 1.15. The smallest absolute Gasteiger partial charge is 0.407 e. The van der Waals surface area contributed by atoms with Crippen LogP contribution >= 0.6 is 0 Å². The van der Waals surface area contributed by atoms with Crippen molar-refractivity contribution in [2.75, 3.05) is 24.3 Å². The highest BCUT2D eigenvalue weighted by molar-refractivity contribution is 5.91. The normalized spacial score (nSPS) is 15.4. The Morgan fingerprint density at radius 1 is 1.09 bits per heavy atom. The Bertz CT molecular complexity index is 1150. The molecule has 0 saturated carbocycles. The lowest BCUT2D eigenvalue weighted by Crippen LogP contribution is -2.44. The van der Waals surface area contributed by atoms with E-state index in [4.69, 9.17) is 4.74 Å². The molecule has 1 aromatic heterocycles. The van der Waals surface area contributed by atoms with E-state index < -0.39 is 6.09 Å². The molecule has 1 saturated heterocycles. The number of carbonyl (C=O) groups is 2. The van der Waals surface area contributed by atoms with Gasteiger partial charge in [-0.2, -0.15) is 0 Å². The van der Waals surface area contributed by atoms with Crippen LogP contribution in [0.4, 0.5) is 22.0 Å². The third kappa shape index (κ3) is 5.61. The Kier molecular flexibility index (Phi) is 7.22. The number of amides is 2. The number of carbonyl (C=O) groups excluding carboxylic acids is 1. The average molecular weight is 462 g/mol. The first-order valence-electron chi connectivity index (χ1n) is 11.2. The summed E-state index contributed by atoms with van der Waals surface area (Å²) in [6.45, 7) is 0.482. The Morgan fingerprint density at radius 3 is 2.62 bits per heavy atom. The number of hydrogen-bond acceptors (Lipinski definition) is 6. The van der Waals surface area contributed by atoms with Crippen molar-refractivity contribution in [2.45, 2.75) is 31.7 Å². The number of hydrogen-bond donors (Lipinski definition) is 3. The molecule has 1 fully saturated rings. The highest BCUT2D eigenvalue weighted by Crippen LogP contribution is 2.29. The molecule has 0 radical (unpaired) electrons. The second-order valence-electron chi connectivity index (χ2n) is 8.07. The lowest BCUT2D eigenvalue weighted by Gasteiger charge is -2.33. The van der Waals surface area contributed by atoms with E-state index in [9.17, 15) is 14.7 Å². The molecule has 9 nitrogen and oxygen atoms in total. The van der Waals surface area contributed by atoms with Gasteiger partial charge in [0.2, 0.25) is 5.91 Å². The van der Waals surface area contributed by atoms with E-state index in [1.165, 1.54) is 11.2 Å². The Balaban J connectivity index is 1.38. The largest absolute Gasteiger partial charge is 0.496 e. The Morgan fingerprint density at radius 2 is 1.85 bits per heavy atom. The predicted octanol–water partition coefficient (Wildman–Crippen LogP) is 4.76. The molecule has 1 atom stereocenters. The van der Waals surface area contributed by atoms with Crippen LogP contribution in [0, 0.1) is 0 Å². The fourth-order valence-electron chi connectivity index (χ4n) is 4.10. The van der Waals surface area contributed by atoms with E-state index in [-0.39, 0.29) is 18.4 Å². The summed E-state index contributed by atoms with van der Waals surface area (Å²) < 4.78 is 5.42. The maximum atomic E-state index is 12.5. The molecule has 1 unspecified atom stereocenters. The molecule has 0 bridgehead atoms. The average Bonchev–Trinajstić information content (AvgIpc) is 2.85. The molecule has 0 spiro atoms. The lowest BCUT2D eigenvalue weighted by atomic mass is 9.99. The highest BCUT2D eigenvalue weighted by Gasteiger charge is 2.28. The maximum absolute atomic E-state index is 12.5. The number of rotatable bonds is 7. The Hall–Kier alpha value is -4.14. The zero-order valence-corrected chi connectivity index (χ0v) is 18.9. The third-order valence-electron chi connectivity index (χ3n) is 5.78. The summed E-state index contributed by atoms with van der Waals surface area (Å²) in [5.41, 5.74) is 3.04. The SMILES string of the molecule is COc1ccccc1-c1cc(Nc2ccc(NC(=O)CC3CCCCN3C(=O)O)cc2)ncn1. The van der Waals surface area contributed by atoms with Crippen molar-refractivity contribution in [1.82, 2.24) is 14.9 Å². The first-order valence-corrected chi connectivity index (χ1v) is 11.2. The van der Waals surface area contributed by atoms with E-state index >= 15 is 0 Å².